The summed E-state index contributed by atoms with van der Waals surface area (Å²) in [7, 11) is 0. The number of anilines is 1. The van der Waals surface area contributed by atoms with E-state index in [9.17, 15) is 0 Å². The standard InChI is InChI=1S/C24H20ClN/c25-24-14-18(26)8-12-21(24)17-6-9-20-16(13-17)7-11-22-19-4-2-1-3-15(19)5-10-23(20)22/h1-5,7-8,10-12,14,17H,6,9,13,26H2. The zero-order valence-electron chi connectivity index (χ0n) is 14.5. The minimum absolute atomic E-state index is 0.466. The van der Waals surface area contributed by atoms with Gasteiger partial charge in [-0.2, -0.15) is 0 Å². The van der Waals surface area contributed by atoms with Crippen LogP contribution in [0.25, 0.3) is 21.5 Å². The Morgan fingerprint density at radius 3 is 2.58 bits per heavy atom. The van der Waals surface area contributed by atoms with E-state index in [0.717, 1.165) is 30.0 Å². The molecular weight excluding hydrogens is 338 g/mol. The zero-order chi connectivity index (χ0) is 17.7. The number of nitrogen functional groups attached to an aromatic ring is 1. The van der Waals surface area contributed by atoms with Crippen LogP contribution in [-0.2, 0) is 12.8 Å². The lowest BCUT2D eigenvalue weighted by Gasteiger charge is -2.27. The third kappa shape index (κ3) is 2.47. The molecule has 2 N–H and O–H groups in total. The van der Waals surface area contributed by atoms with Crippen molar-refractivity contribution in [2.75, 3.05) is 5.73 Å². The van der Waals surface area contributed by atoms with Crippen molar-refractivity contribution >= 4 is 38.8 Å². The number of hydrogen-bond acceptors (Lipinski definition) is 1. The maximum Gasteiger partial charge on any atom is 0.0461 e. The summed E-state index contributed by atoms with van der Waals surface area (Å²) in [6.07, 6.45) is 3.26. The van der Waals surface area contributed by atoms with Gasteiger partial charge in [0.1, 0.15) is 0 Å². The van der Waals surface area contributed by atoms with Crippen LogP contribution in [0.5, 0.6) is 0 Å². The van der Waals surface area contributed by atoms with Gasteiger partial charge in [0.15, 0.2) is 0 Å². The fourth-order valence-corrected chi connectivity index (χ4v) is 4.85. The molecule has 1 aliphatic rings. The van der Waals surface area contributed by atoms with Crippen LogP contribution in [0, 0.1) is 0 Å². The first-order valence-corrected chi connectivity index (χ1v) is 9.55. The number of rotatable bonds is 1. The lowest BCUT2D eigenvalue weighted by molar-refractivity contribution is 0.588. The van der Waals surface area contributed by atoms with Gasteiger partial charge < -0.3 is 5.73 Å². The van der Waals surface area contributed by atoms with Gasteiger partial charge >= 0.3 is 0 Å². The van der Waals surface area contributed by atoms with Gasteiger partial charge in [-0.1, -0.05) is 66.2 Å². The molecule has 0 fully saturated rings. The SMILES string of the molecule is Nc1ccc(C2CCc3c(ccc4c3ccc3ccccc34)C2)c(Cl)c1. The number of hydrogen-bond donors (Lipinski definition) is 1. The molecule has 0 aromatic heterocycles. The lowest BCUT2D eigenvalue weighted by atomic mass is 9.78. The first kappa shape index (κ1) is 15.7. The highest BCUT2D eigenvalue weighted by Crippen LogP contribution is 2.40. The highest BCUT2D eigenvalue weighted by molar-refractivity contribution is 6.31. The second-order valence-electron chi connectivity index (χ2n) is 7.31. The molecule has 0 aliphatic heterocycles. The summed E-state index contributed by atoms with van der Waals surface area (Å²) < 4.78 is 0. The Balaban J connectivity index is 1.60. The van der Waals surface area contributed by atoms with E-state index in [-0.39, 0.29) is 0 Å². The number of halogens is 1. The van der Waals surface area contributed by atoms with E-state index in [0.29, 0.717) is 5.92 Å². The Kier molecular flexibility index (Phi) is 3.65. The smallest absolute Gasteiger partial charge is 0.0461 e. The maximum atomic E-state index is 6.47. The van der Waals surface area contributed by atoms with Gasteiger partial charge in [-0.05, 0) is 75.5 Å². The zero-order valence-corrected chi connectivity index (χ0v) is 15.3. The average molecular weight is 358 g/mol. The largest absolute Gasteiger partial charge is 0.399 e. The molecular formula is C24H20ClN. The molecule has 0 heterocycles. The van der Waals surface area contributed by atoms with Crippen LogP contribution in [-0.4, -0.2) is 0 Å². The van der Waals surface area contributed by atoms with Crippen molar-refractivity contribution in [1.29, 1.82) is 0 Å². The van der Waals surface area contributed by atoms with Crippen molar-refractivity contribution in [3.05, 3.63) is 88.4 Å². The summed E-state index contributed by atoms with van der Waals surface area (Å²) >= 11 is 6.47. The first-order chi connectivity index (χ1) is 12.7. The minimum atomic E-state index is 0.466. The molecule has 5 rings (SSSR count). The van der Waals surface area contributed by atoms with Crippen molar-refractivity contribution in [2.45, 2.75) is 25.2 Å². The molecule has 0 radical (unpaired) electrons. The molecule has 26 heavy (non-hydrogen) atoms. The van der Waals surface area contributed by atoms with E-state index in [1.165, 1.54) is 38.2 Å². The molecule has 0 bridgehead atoms. The Hall–Kier alpha value is -2.51. The molecule has 0 saturated carbocycles. The van der Waals surface area contributed by atoms with Gasteiger partial charge in [-0.15, -0.1) is 0 Å². The Bertz CT molecular complexity index is 1150. The fourth-order valence-electron chi connectivity index (χ4n) is 4.51. The van der Waals surface area contributed by atoms with E-state index < -0.39 is 0 Å². The summed E-state index contributed by atoms with van der Waals surface area (Å²) in [5.41, 5.74) is 10.8. The molecule has 128 valence electrons. The maximum absolute atomic E-state index is 6.47. The predicted octanol–water partition coefficient (Wildman–Crippen LogP) is 6.50. The molecule has 1 nitrogen and oxygen atoms in total. The van der Waals surface area contributed by atoms with Crippen molar-refractivity contribution < 1.29 is 0 Å². The van der Waals surface area contributed by atoms with Crippen LogP contribution in [0.15, 0.2) is 66.7 Å². The summed E-state index contributed by atoms with van der Waals surface area (Å²) in [4.78, 5) is 0. The van der Waals surface area contributed by atoms with Crippen LogP contribution in [0.3, 0.4) is 0 Å². The average Bonchev–Trinajstić information content (AvgIpc) is 2.67. The molecule has 4 aromatic rings. The van der Waals surface area contributed by atoms with E-state index in [1.807, 2.05) is 12.1 Å². The predicted molar refractivity (Wildman–Crippen MR) is 112 cm³/mol. The molecule has 4 aromatic carbocycles. The summed E-state index contributed by atoms with van der Waals surface area (Å²) in [5, 5.41) is 6.22. The first-order valence-electron chi connectivity index (χ1n) is 9.18. The lowest BCUT2D eigenvalue weighted by Crippen LogP contribution is -2.13. The molecule has 0 saturated heterocycles. The Morgan fingerprint density at radius 1 is 0.846 bits per heavy atom. The minimum Gasteiger partial charge on any atom is -0.399 e. The Labute approximate surface area is 158 Å². The van der Waals surface area contributed by atoms with Gasteiger partial charge in [0.2, 0.25) is 0 Å². The van der Waals surface area contributed by atoms with Gasteiger partial charge in [-0.25, -0.2) is 0 Å². The third-order valence-electron chi connectivity index (χ3n) is 5.81. The van der Waals surface area contributed by atoms with Crippen LogP contribution in [0.2, 0.25) is 5.02 Å². The van der Waals surface area contributed by atoms with E-state index in [2.05, 4.69) is 54.6 Å². The van der Waals surface area contributed by atoms with Crippen LogP contribution in [0.4, 0.5) is 5.69 Å². The normalized spacial score (nSPS) is 16.7. The molecule has 2 heteroatoms. The number of fused-ring (bicyclic) bond motifs is 5. The van der Waals surface area contributed by atoms with Crippen molar-refractivity contribution in [2.24, 2.45) is 0 Å². The molecule has 0 amide bonds. The molecule has 1 aliphatic carbocycles. The summed E-state index contributed by atoms with van der Waals surface area (Å²) in [6.45, 7) is 0. The van der Waals surface area contributed by atoms with Crippen LogP contribution in [0.1, 0.15) is 29.0 Å². The van der Waals surface area contributed by atoms with Crippen molar-refractivity contribution in [3.63, 3.8) is 0 Å². The monoisotopic (exact) mass is 357 g/mol. The molecule has 0 spiro atoms. The van der Waals surface area contributed by atoms with E-state index in [1.54, 1.807) is 0 Å². The summed E-state index contributed by atoms with van der Waals surface area (Å²) in [5.74, 6) is 0.466. The number of aryl methyl sites for hydroxylation is 1. The highest BCUT2D eigenvalue weighted by atomic mass is 35.5. The molecule has 1 unspecified atom stereocenters. The second kappa shape index (κ2) is 6.03. The van der Waals surface area contributed by atoms with E-state index >= 15 is 0 Å². The fraction of sp³-hybridized carbons (Fsp3) is 0.167. The molecule has 1 atom stereocenters. The highest BCUT2D eigenvalue weighted by Gasteiger charge is 2.23. The third-order valence-corrected chi connectivity index (χ3v) is 6.14. The van der Waals surface area contributed by atoms with E-state index in [4.69, 9.17) is 17.3 Å². The quantitative estimate of drug-likeness (QED) is 0.305. The Morgan fingerprint density at radius 2 is 1.69 bits per heavy atom. The van der Waals surface area contributed by atoms with Gasteiger partial charge in [0, 0.05) is 10.7 Å². The second-order valence-corrected chi connectivity index (χ2v) is 7.71. The van der Waals surface area contributed by atoms with Crippen LogP contribution < -0.4 is 5.73 Å². The topological polar surface area (TPSA) is 26.0 Å². The number of nitrogens with two attached hydrogens (primary N) is 1. The number of benzene rings is 4. The van der Waals surface area contributed by atoms with Crippen LogP contribution >= 0.6 is 11.6 Å². The van der Waals surface area contributed by atoms with Gasteiger partial charge in [0.25, 0.3) is 0 Å². The van der Waals surface area contributed by atoms with Gasteiger partial charge in [-0.3, -0.25) is 0 Å². The van der Waals surface area contributed by atoms with Gasteiger partial charge in [0.05, 0.1) is 0 Å². The summed E-state index contributed by atoms with van der Waals surface area (Å²) in [6, 6.07) is 23.7. The van der Waals surface area contributed by atoms with Crippen molar-refractivity contribution in [3.8, 4) is 0 Å². The van der Waals surface area contributed by atoms with Crippen molar-refractivity contribution in [1.82, 2.24) is 0 Å².